The van der Waals surface area contributed by atoms with Gasteiger partial charge in [-0.15, -0.1) is 0 Å². The van der Waals surface area contributed by atoms with E-state index in [9.17, 15) is 0 Å². The van der Waals surface area contributed by atoms with Crippen LogP contribution in [0.1, 0.15) is 23.6 Å². The van der Waals surface area contributed by atoms with Gasteiger partial charge in [-0.05, 0) is 37.1 Å². The molecule has 2 heterocycles. The molecule has 0 radical (unpaired) electrons. The van der Waals surface area contributed by atoms with Crippen LogP contribution in [0.5, 0.6) is 0 Å². The van der Waals surface area contributed by atoms with Gasteiger partial charge in [0.15, 0.2) is 0 Å². The molecule has 0 saturated heterocycles. The summed E-state index contributed by atoms with van der Waals surface area (Å²) in [5, 5.41) is 0. The first kappa shape index (κ1) is 9.90. The second-order valence-electron chi connectivity index (χ2n) is 5.63. The molecule has 0 N–H and O–H groups in total. The van der Waals surface area contributed by atoms with Gasteiger partial charge in [0.05, 0.1) is 8.04 Å². The van der Waals surface area contributed by atoms with Gasteiger partial charge in [-0.1, -0.05) is 35.4 Å². The summed E-state index contributed by atoms with van der Waals surface area (Å²) in [5.41, 5.74) is 7.42. The highest BCUT2D eigenvalue weighted by molar-refractivity contribution is 5.68. The van der Waals surface area contributed by atoms with Gasteiger partial charge in [0, 0.05) is 24.4 Å². The number of hydrogen-bond acceptors (Lipinski definition) is 2. The number of hydrogen-bond donors (Lipinski definition) is 0. The Labute approximate surface area is 115 Å². The van der Waals surface area contributed by atoms with E-state index in [1.165, 1.54) is 28.1 Å². The van der Waals surface area contributed by atoms with E-state index in [0.717, 1.165) is 18.8 Å². The van der Waals surface area contributed by atoms with Crippen molar-refractivity contribution in [3.63, 3.8) is 0 Å². The fourth-order valence-electron chi connectivity index (χ4n) is 3.14. The molecule has 2 heteroatoms. The van der Waals surface area contributed by atoms with Crippen LogP contribution in [0.4, 0.5) is 11.4 Å². The Balaban J connectivity index is 1.89. The third kappa shape index (κ3) is 1.63. The van der Waals surface area contributed by atoms with Crippen LogP contribution >= 0.6 is 0 Å². The smallest absolute Gasteiger partial charge is 0.0910 e. The monoisotopic (exact) mass is 251 g/mol. The van der Waals surface area contributed by atoms with Gasteiger partial charge in [-0.25, -0.2) is 0 Å². The molecule has 2 nitrogen and oxygen atoms in total. The van der Waals surface area contributed by atoms with E-state index >= 15 is 0 Å². The standard InChI is InChI=1S/C17H18N2/c1-12-3-5-16-14(7-12)9-18-11-19(16)10-15-8-13(2)4-6-17(15)18/h3-8H,9-11H2,1-2H3/i9D/t9-/m0/s1. The summed E-state index contributed by atoms with van der Waals surface area (Å²) in [5.74, 6) is 0. The largest absolute Gasteiger partial charge is 0.349 e. The van der Waals surface area contributed by atoms with Gasteiger partial charge in [0.25, 0.3) is 0 Å². The second-order valence-corrected chi connectivity index (χ2v) is 5.63. The van der Waals surface area contributed by atoms with Gasteiger partial charge in [-0.3, -0.25) is 0 Å². The van der Waals surface area contributed by atoms with E-state index in [4.69, 9.17) is 1.37 Å². The van der Waals surface area contributed by atoms with Crippen LogP contribution in [0.3, 0.4) is 0 Å². The minimum atomic E-state index is -0.303. The van der Waals surface area contributed by atoms with Crippen LogP contribution in [0.15, 0.2) is 36.4 Å². The zero-order valence-corrected chi connectivity index (χ0v) is 11.4. The van der Waals surface area contributed by atoms with E-state index in [1.807, 2.05) is 0 Å². The molecule has 0 amide bonds. The molecular weight excluding hydrogens is 232 g/mol. The molecule has 0 saturated carbocycles. The van der Waals surface area contributed by atoms with Crippen molar-refractivity contribution in [3.8, 4) is 0 Å². The first-order valence-electron chi connectivity index (χ1n) is 7.35. The number of rotatable bonds is 0. The minimum absolute atomic E-state index is 0.303. The summed E-state index contributed by atoms with van der Waals surface area (Å²) < 4.78 is 8.62. The molecule has 2 aromatic rings. The zero-order valence-electron chi connectivity index (χ0n) is 12.4. The van der Waals surface area contributed by atoms with Crippen molar-refractivity contribution in [2.45, 2.75) is 26.9 Å². The van der Waals surface area contributed by atoms with Crippen molar-refractivity contribution in [3.05, 3.63) is 58.7 Å². The molecule has 19 heavy (non-hydrogen) atoms. The number of nitrogens with zero attached hydrogens (tertiary/aromatic N) is 2. The Hall–Kier alpha value is -1.96. The predicted molar refractivity (Wildman–Crippen MR) is 79.6 cm³/mol. The maximum absolute atomic E-state index is 8.62. The van der Waals surface area contributed by atoms with Gasteiger partial charge < -0.3 is 9.80 Å². The van der Waals surface area contributed by atoms with Crippen LogP contribution in [-0.4, -0.2) is 6.67 Å². The van der Waals surface area contributed by atoms with Crippen molar-refractivity contribution in [1.29, 1.82) is 0 Å². The summed E-state index contributed by atoms with van der Waals surface area (Å²) in [6.45, 7) is 5.68. The summed E-state index contributed by atoms with van der Waals surface area (Å²) in [6, 6.07) is 13.0. The summed E-state index contributed by atoms with van der Waals surface area (Å²) in [4.78, 5) is 4.57. The first-order chi connectivity index (χ1) is 9.63. The van der Waals surface area contributed by atoms with Gasteiger partial charge >= 0.3 is 0 Å². The van der Waals surface area contributed by atoms with Gasteiger partial charge in [0.1, 0.15) is 0 Å². The molecule has 2 bridgehead atoms. The van der Waals surface area contributed by atoms with E-state index in [0.29, 0.717) is 0 Å². The van der Waals surface area contributed by atoms with E-state index in [-0.39, 0.29) is 6.52 Å². The molecular formula is C17H18N2. The summed E-state index contributed by atoms with van der Waals surface area (Å²) in [6.07, 6.45) is 0. The lowest BCUT2D eigenvalue weighted by molar-refractivity contribution is 0.650. The Morgan fingerprint density at radius 1 is 0.895 bits per heavy atom. The highest BCUT2D eigenvalue weighted by Gasteiger charge is 2.28. The maximum atomic E-state index is 8.62. The zero-order chi connectivity index (χ0) is 13.9. The van der Waals surface area contributed by atoms with Crippen molar-refractivity contribution in [2.24, 2.45) is 0 Å². The van der Waals surface area contributed by atoms with Crippen molar-refractivity contribution in [1.82, 2.24) is 0 Å². The van der Waals surface area contributed by atoms with E-state index in [2.05, 4.69) is 60.0 Å². The van der Waals surface area contributed by atoms with E-state index < -0.39 is 0 Å². The quantitative estimate of drug-likeness (QED) is 0.706. The van der Waals surface area contributed by atoms with Crippen molar-refractivity contribution in [2.75, 3.05) is 16.5 Å². The fraction of sp³-hybridized carbons (Fsp3) is 0.294. The van der Waals surface area contributed by atoms with Crippen molar-refractivity contribution < 1.29 is 1.37 Å². The Bertz CT molecular complexity index is 695. The minimum Gasteiger partial charge on any atom is -0.349 e. The highest BCUT2D eigenvalue weighted by atomic mass is 15.4. The average Bonchev–Trinajstić information content (AvgIpc) is 2.44. The second kappa shape index (κ2) is 3.77. The molecule has 1 atom stereocenters. The number of anilines is 2. The van der Waals surface area contributed by atoms with Gasteiger partial charge in [-0.2, -0.15) is 0 Å². The molecule has 0 aliphatic carbocycles. The van der Waals surface area contributed by atoms with Crippen LogP contribution in [0.2, 0.25) is 0 Å². The molecule has 2 aliphatic rings. The predicted octanol–water partition coefficient (Wildman–Crippen LogP) is 3.60. The van der Waals surface area contributed by atoms with Crippen LogP contribution < -0.4 is 9.80 Å². The normalized spacial score (nSPS) is 20.7. The van der Waals surface area contributed by atoms with E-state index in [1.54, 1.807) is 0 Å². The summed E-state index contributed by atoms with van der Waals surface area (Å²) in [7, 11) is 0. The SMILES string of the molecule is [2H][C@H]1c2cc(C)ccc2N2Cc3cc(C)ccc3N1C2. The Morgan fingerprint density at radius 2 is 1.53 bits per heavy atom. The lowest BCUT2D eigenvalue weighted by atomic mass is 9.99. The highest BCUT2D eigenvalue weighted by Crippen LogP contribution is 2.38. The number of aryl methyl sites for hydroxylation is 2. The van der Waals surface area contributed by atoms with Crippen LogP contribution in [-0.2, 0) is 13.1 Å². The van der Waals surface area contributed by atoms with Crippen molar-refractivity contribution >= 4 is 11.4 Å². The molecule has 0 aromatic heterocycles. The molecule has 0 fully saturated rings. The lowest BCUT2D eigenvalue weighted by Crippen LogP contribution is -2.46. The molecule has 0 spiro atoms. The molecule has 2 aromatic carbocycles. The summed E-state index contributed by atoms with van der Waals surface area (Å²) >= 11 is 0. The lowest BCUT2D eigenvalue weighted by Gasteiger charge is -2.45. The third-order valence-corrected chi connectivity index (χ3v) is 4.05. The molecule has 2 aliphatic heterocycles. The third-order valence-electron chi connectivity index (χ3n) is 4.05. The average molecular weight is 251 g/mol. The molecule has 4 rings (SSSR count). The first-order valence-corrected chi connectivity index (χ1v) is 6.77. The number of fused-ring (bicyclic) bond motifs is 6. The Kier molecular flexibility index (Phi) is 1.96. The molecule has 0 unspecified atom stereocenters. The fourth-order valence-corrected chi connectivity index (χ4v) is 3.14. The van der Waals surface area contributed by atoms with Crippen LogP contribution in [0, 0.1) is 13.8 Å². The topological polar surface area (TPSA) is 6.48 Å². The molecule has 96 valence electrons. The maximum Gasteiger partial charge on any atom is 0.0910 e. The Morgan fingerprint density at radius 3 is 2.26 bits per heavy atom. The van der Waals surface area contributed by atoms with Gasteiger partial charge in [0.2, 0.25) is 0 Å². The van der Waals surface area contributed by atoms with Crippen LogP contribution in [0.25, 0.3) is 0 Å². The number of benzene rings is 2.